The Bertz CT molecular complexity index is 267. The first-order valence-electron chi connectivity index (χ1n) is 7.33. The smallest absolute Gasteiger partial charge is 0.236 e. The quantitative estimate of drug-likeness (QED) is 0.850. The molecule has 0 aromatic carbocycles. The molecule has 2 aliphatic rings. The van der Waals surface area contributed by atoms with Crippen LogP contribution in [-0.4, -0.2) is 48.0 Å². The molecule has 4 heteroatoms. The van der Waals surface area contributed by atoms with Crippen molar-refractivity contribution in [3.8, 4) is 0 Å². The fourth-order valence-electron chi connectivity index (χ4n) is 3.02. The second kappa shape index (κ2) is 7.39. The average molecular weight is 270 g/mol. The molecule has 1 heterocycles. The highest BCUT2D eigenvalue weighted by atomic mass is 32.2. The van der Waals surface area contributed by atoms with Crippen molar-refractivity contribution in [1.29, 1.82) is 0 Å². The summed E-state index contributed by atoms with van der Waals surface area (Å²) >= 11 is 1.95. The van der Waals surface area contributed by atoms with Gasteiger partial charge in [0.05, 0.1) is 6.54 Å². The van der Waals surface area contributed by atoms with E-state index in [1.54, 1.807) is 0 Å². The topological polar surface area (TPSA) is 32.3 Å². The lowest BCUT2D eigenvalue weighted by Crippen LogP contribution is -2.41. The molecular formula is C14H26N2OS. The molecule has 1 amide bonds. The number of rotatable bonds is 4. The lowest BCUT2D eigenvalue weighted by atomic mass is 10.2. The van der Waals surface area contributed by atoms with Gasteiger partial charge >= 0.3 is 0 Å². The molecule has 1 N–H and O–H groups in total. The highest BCUT2D eigenvalue weighted by molar-refractivity contribution is 7.99. The summed E-state index contributed by atoms with van der Waals surface area (Å²) in [5.41, 5.74) is 0. The summed E-state index contributed by atoms with van der Waals surface area (Å²) < 4.78 is 0. The molecule has 0 aromatic heterocycles. The van der Waals surface area contributed by atoms with E-state index in [9.17, 15) is 4.79 Å². The number of amides is 1. The van der Waals surface area contributed by atoms with Crippen molar-refractivity contribution in [3.05, 3.63) is 0 Å². The van der Waals surface area contributed by atoms with E-state index in [0.717, 1.165) is 24.8 Å². The van der Waals surface area contributed by atoms with Crippen LogP contribution in [0.2, 0.25) is 0 Å². The van der Waals surface area contributed by atoms with Crippen LogP contribution in [0.15, 0.2) is 0 Å². The zero-order valence-electron chi connectivity index (χ0n) is 11.5. The first-order chi connectivity index (χ1) is 8.79. The van der Waals surface area contributed by atoms with Gasteiger partial charge in [0.2, 0.25) is 5.91 Å². The number of thioether (sulfide) groups is 1. The molecule has 18 heavy (non-hydrogen) atoms. The molecule has 0 radical (unpaired) electrons. The molecule has 0 spiro atoms. The second-order valence-electron chi connectivity index (χ2n) is 5.53. The summed E-state index contributed by atoms with van der Waals surface area (Å²) in [4.78, 5) is 14.2. The molecule has 1 atom stereocenters. The molecule has 1 aliphatic carbocycles. The van der Waals surface area contributed by atoms with Gasteiger partial charge in [0.15, 0.2) is 0 Å². The number of carbonyl (C=O) groups is 1. The summed E-state index contributed by atoms with van der Waals surface area (Å²) in [6.45, 7) is 2.47. The van der Waals surface area contributed by atoms with E-state index < -0.39 is 0 Å². The van der Waals surface area contributed by atoms with Crippen LogP contribution in [0, 0.1) is 0 Å². The summed E-state index contributed by atoms with van der Waals surface area (Å²) in [5, 5.41) is 4.18. The van der Waals surface area contributed by atoms with Gasteiger partial charge in [-0.3, -0.25) is 4.79 Å². The van der Waals surface area contributed by atoms with Gasteiger partial charge in [-0.25, -0.2) is 0 Å². The third kappa shape index (κ3) is 4.16. The maximum Gasteiger partial charge on any atom is 0.236 e. The Morgan fingerprint density at radius 2 is 1.94 bits per heavy atom. The zero-order chi connectivity index (χ0) is 12.8. The van der Waals surface area contributed by atoms with Crippen molar-refractivity contribution in [1.82, 2.24) is 10.2 Å². The lowest BCUT2D eigenvalue weighted by Gasteiger charge is -2.22. The maximum absolute atomic E-state index is 12.2. The summed E-state index contributed by atoms with van der Waals surface area (Å²) in [5.74, 6) is 0.309. The molecule has 1 aliphatic heterocycles. The first kappa shape index (κ1) is 14.2. The molecule has 0 bridgehead atoms. The minimum Gasteiger partial charge on any atom is -0.342 e. The van der Waals surface area contributed by atoms with Gasteiger partial charge in [0.1, 0.15) is 0 Å². The number of hydrogen-bond acceptors (Lipinski definition) is 3. The number of nitrogens with zero attached hydrogens (tertiary/aromatic N) is 1. The van der Waals surface area contributed by atoms with Crippen LogP contribution in [0.1, 0.15) is 44.9 Å². The van der Waals surface area contributed by atoms with Gasteiger partial charge in [-0.05, 0) is 38.4 Å². The Hall–Kier alpha value is -0.220. The van der Waals surface area contributed by atoms with E-state index in [-0.39, 0.29) is 0 Å². The number of likely N-dealkylation sites (tertiary alicyclic amines) is 1. The predicted molar refractivity (Wildman–Crippen MR) is 78.0 cm³/mol. The fourth-order valence-corrected chi connectivity index (χ4v) is 3.77. The van der Waals surface area contributed by atoms with E-state index in [2.05, 4.69) is 16.5 Å². The largest absolute Gasteiger partial charge is 0.342 e. The van der Waals surface area contributed by atoms with E-state index in [1.807, 2.05) is 11.8 Å². The Morgan fingerprint density at radius 3 is 2.67 bits per heavy atom. The number of carbonyl (C=O) groups excluding carboxylic acids is 1. The van der Waals surface area contributed by atoms with E-state index >= 15 is 0 Å². The van der Waals surface area contributed by atoms with Crippen LogP contribution < -0.4 is 5.32 Å². The average Bonchev–Trinajstić information content (AvgIpc) is 2.79. The monoisotopic (exact) mass is 270 g/mol. The SMILES string of the molecule is CSC1CCCN(C(=O)CNC2CCCC2)CC1. The van der Waals surface area contributed by atoms with Gasteiger partial charge in [0, 0.05) is 24.4 Å². The third-order valence-electron chi connectivity index (χ3n) is 4.26. The van der Waals surface area contributed by atoms with Crippen molar-refractivity contribution in [2.45, 2.75) is 56.2 Å². The van der Waals surface area contributed by atoms with Crippen molar-refractivity contribution in [3.63, 3.8) is 0 Å². The Kier molecular flexibility index (Phi) is 5.83. The van der Waals surface area contributed by atoms with Gasteiger partial charge < -0.3 is 10.2 Å². The standard InChI is InChI=1S/C14H26N2OS/c1-18-13-7-4-9-16(10-8-13)14(17)11-15-12-5-2-3-6-12/h12-13,15H,2-11H2,1H3. The highest BCUT2D eigenvalue weighted by Gasteiger charge is 2.21. The molecule has 1 unspecified atom stereocenters. The van der Waals surface area contributed by atoms with Gasteiger partial charge in [-0.15, -0.1) is 0 Å². The predicted octanol–water partition coefficient (Wildman–Crippen LogP) is 2.26. The molecule has 104 valence electrons. The summed E-state index contributed by atoms with van der Waals surface area (Å²) in [6, 6.07) is 0.597. The van der Waals surface area contributed by atoms with Crippen LogP contribution in [0.25, 0.3) is 0 Å². The van der Waals surface area contributed by atoms with Crippen LogP contribution in [0.4, 0.5) is 0 Å². The Morgan fingerprint density at radius 1 is 1.17 bits per heavy atom. The van der Waals surface area contributed by atoms with Crippen LogP contribution in [-0.2, 0) is 4.79 Å². The minimum atomic E-state index is 0.309. The van der Waals surface area contributed by atoms with Gasteiger partial charge in [-0.1, -0.05) is 12.8 Å². The summed E-state index contributed by atoms with van der Waals surface area (Å²) in [6.07, 6.45) is 10.9. The highest BCUT2D eigenvalue weighted by Crippen LogP contribution is 2.21. The minimum absolute atomic E-state index is 0.309. The van der Waals surface area contributed by atoms with Crippen LogP contribution >= 0.6 is 11.8 Å². The van der Waals surface area contributed by atoms with E-state index in [1.165, 1.54) is 38.5 Å². The third-order valence-corrected chi connectivity index (χ3v) is 5.40. The molecular weight excluding hydrogens is 244 g/mol. The fraction of sp³-hybridized carbons (Fsp3) is 0.929. The molecule has 1 saturated carbocycles. The Labute approximate surface area is 115 Å². The molecule has 2 fully saturated rings. The maximum atomic E-state index is 12.2. The van der Waals surface area contributed by atoms with Crippen molar-refractivity contribution < 1.29 is 4.79 Å². The van der Waals surface area contributed by atoms with Crippen molar-refractivity contribution >= 4 is 17.7 Å². The van der Waals surface area contributed by atoms with Crippen molar-refractivity contribution in [2.75, 3.05) is 25.9 Å². The molecule has 2 rings (SSSR count). The van der Waals surface area contributed by atoms with Gasteiger partial charge in [0.25, 0.3) is 0 Å². The van der Waals surface area contributed by atoms with E-state index in [4.69, 9.17) is 0 Å². The van der Waals surface area contributed by atoms with Crippen LogP contribution in [0.5, 0.6) is 0 Å². The second-order valence-corrected chi connectivity index (χ2v) is 6.67. The van der Waals surface area contributed by atoms with Gasteiger partial charge in [-0.2, -0.15) is 11.8 Å². The first-order valence-corrected chi connectivity index (χ1v) is 8.62. The molecule has 3 nitrogen and oxygen atoms in total. The normalized spacial score (nSPS) is 26.3. The van der Waals surface area contributed by atoms with Crippen LogP contribution in [0.3, 0.4) is 0 Å². The molecule has 0 aromatic rings. The van der Waals surface area contributed by atoms with E-state index in [0.29, 0.717) is 18.5 Å². The Balaban J connectivity index is 1.70. The number of nitrogens with one attached hydrogen (secondary N) is 1. The summed E-state index contributed by atoms with van der Waals surface area (Å²) in [7, 11) is 0. The van der Waals surface area contributed by atoms with Crippen molar-refractivity contribution in [2.24, 2.45) is 0 Å². The lowest BCUT2D eigenvalue weighted by molar-refractivity contribution is -0.130. The zero-order valence-corrected chi connectivity index (χ0v) is 12.3. The number of hydrogen-bond donors (Lipinski definition) is 1. The molecule has 1 saturated heterocycles.